The van der Waals surface area contributed by atoms with Crippen molar-refractivity contribution in [1.82, 2.24) is 4.90 Å². The van der Waals surface area contributed by atoms with Crippen LogP contribution in [0.1, 0.15) is 30.5 Å². The number of carbonyl (C=O) groups is 2. The number of hydrogen-bond donors (Lipinski definition) is 1. The van der Waals surface area contributed by atoms with Crippen LogP contribution in [-0.4, -0.2) is 16.7 Å². The van der Waals surface area contributed by atoms with Gasteiger partial charge in [0.1, 0.15) is 0 Å². The largest absolute Gasteiger partial charge is 0.326 e. The van der Waals surface area contributed by atoms with E-state index in [4.69, 9.17) is 0 Å². The zero-order valence-corrected chi connectivity index (χ0v) is 14.8. The van der Waals surface area contributed by atoms with E-state index in [2.05, 4.69) is 21.2 Å². The van der Waals surface area contributed by atoms with E-state index in [1.807, 2.05) is 54.6 Å². The molecule has 0 bridgehead atoms. The van der Waals surface area contributed by atoms with Crippen molar-refractivity contribution >= 4 is 39.5 Å². The molecule has 0 spiro atoms. The van der Waals surface area contributed by atoms with E-state index in [9.17, 15) is 9.59 Å². The van der Waals surface area contributed by atoms with Gasteiger partial charge in [0.2, 0.25) is 11.8 Å². The molecule has 1 N–H and O–H groups in total. The summed E-state index contributed by atoms with van der Waals surface area (Å²) in [7, 11) is 0. The van der Waals surface area contributed by atoms with Crippen molar-refractivity contribution in [3.63, 3.8) is 0 Å². The predicted octanol–water partition coefficient (Wildman–Crippen LogP) is 4.35. The summed E-state index contributed by atoms with van der Waals surface area (Å²) in [6, 6.07) is 15.0. The fourth-order valence-corrected chi connectivity index (χ4v) is 3.27. The minimum absolute atomic E-state index is 0.0824. The smallest absolute Gasteiger partial charge is 0.226 e. The van der Waals surface area contributed by atoms with Crippen molar-refractivity contribution in [1.29, 1.82) is 0 Å². The van der Waals surface area contributed by atoms with Crippen LogP contribution in [0.15, 0.2) is 59.2 Å². The van der Waals surface area contributed by atoms with Crippen molar-refractivity contribution in [3.05, 3.63) is 70.3 Å². The van der Waals surface area contributed by atoms with E-state index in [0.717, 1.165) is 21.3 Å². The van der Waals surface area contributed by atoms with Crippen molar-refractivity contribution in [2.24, 2.45) is 0 Å². The average Bonchev–Trinajstić information content (AvgIpc) is 2.54. The van der Waals surface area contributed by atoms with Gasteiger partial charge in [-0.1, -0.05) is 46.3 Å². The second-order valence-corrected chi connectivity index (χ2v) is 6.57. The monoisotopic (exact) mass is 384 g/mol. The van der Waals surface area contributed by atoms with E-state index >= 15 is 0 Å². The number of carbonyl (C=O) groups excluding carboxylic acids is 2. The molecule has 0 aliphatic carbocycles. The Labute approximate surface area is 149 Å². The fraction of sp³-hybridized carbons (Fsp3) is 0.158. The molecule has 0 saturated heterocycles. The van der Waals surface area contributed by atoms with Gasteiger partial charge in [-0.05, 0) is 35.4 Å². The molecule has 2 aromatic rings. The molecule has 2 amide bonds. The second-order valence-electron chi connectivity index (χ2n) is 5.65. The first kappa shape index (κ1) is 16.5. The molecular formula is C19H17BrN2O2. The van der Waals surface area contributed by atoms with Gasteiger partial charge in [-0.25, -0.2) is 0 Å². The van der Waals surface area contributed by atoms with Gasteiger partial charge in [-0.2, -0.15) is 0 Å². The first-order valence-corrected chi connectivity index (χ1v) is 8.45. The summed E-state index contributed by atoms with van der Waals surface area (Å²) in [6.45, 7) is 1.51. The highest BCUT2D eigenvalue weighted by Gasteiger charge is 2.28. The Kier molecular flexibility index (Phi) is 4.81. The molecular weight excluding hydrogens is 368 g/mol. The zero-order valence-electron chi connectivity index (χ0n) is 13.2. The highest BCUT2D eigenvalue weighted by Crippen LogP contribution is 2.33. The van der Waals surface area contributed by atoms with Crippen molar-refractivity contribution in [2.45, 2.75) is 19.4 Å². The molecule has 122 valence electrons. The molecule has 1 atom stereocenters. The Balaban J connectivity index is 1.82. The third-order valence-corrected chi connectivity index (χ3v) is 4.45. The lowest BCUT2D eigenvalue weighted by Gasteiger charge is -2.32. The summed E-state index contributed by atoms with van der Waals surface area (Å²) < 4.78 is 0.900. The summed E-state index contributed by atoms with van der Waals surface area (Å²) in [6.07, 6.45) is 3.86. The molecule has 2 aromatic carbocycles. The van der Waals surface area contributed by atoms with E-state index in [1.54, 1.807) is 11.1 Å². The molecule has 1 aliphatic rings. The Morgan fingerprint density at radius 2 is 1.96 bits per heavy atom. The van der Waals surface area contributed by atoms with Crippen LogP contribution >= 0.6 is 15.9 Å². The van der Waals surface area contributed by atoms with Crippen LogP contribution < -0.4 is 5.32 Å². The van der Waals surface area contributed by atoms with Gasteiger partial charge >= 0.3 is 0 Å². The van der Waals surface area contributed by atoms with Gasteiger partial charge in [0.05, 0.1) is 12.5 Å². The van der Waals surface area contributed by atoms with Gasteiger partial charge < -0.3 is 10.2 Å². The molecule has 1 heterocycles. The topological polar surface area (TPSA) is 49.4 Å². The maximum atomic E-state index is 12.5. The molecule has 0 radical (unpaired) electrons. The van der Waals surface area contributed by atoms with Crippen LogP contribution in [-0.2, 0) is 9.59 Å². The molecule has 0 aromatic heterocycles. The summed E-state index contributed by atoms with van der Waals surface area (Å²) in [5, 5.41) is 2.89. The van der Waals surface area contributed by atoms with Gasteiger partial charge in [0, 0.05) is 23.3 Å². The van der Waals surface area contributed by atoms with Gasteiger partial charge in [0.15, 0.2) is 0 Å². The van der Waals surface area contributed by atoms with Crippen molar-refractivity contribution < 1.29 is 9.59 Å². The maximum Gasteiger partial charge on any atom is 0.226 e. The van der Waals surface area contributed by atoms with Gasteiger partial charge in [0.25, 0.3) is 0 Å². The number of fused-ring (bicyclic) bond motifs is 1. The minimum Gasteiger partial charge on any atom is -0.326 e. The summed E-state index contributed by atoms with van der Waals surface area (Å²) >= 11 is 3.39. The van der Waals surface area contributed by atoms with E-state index in [0.29, 0.717) is 0 Å². The molecule has 5 heteroatoms. The Hall–Kier alpha value is -2.40. The SMILES string of the molecule is CC(=O)N1C=Cc2ccccc2C1CC(=O)Nc1cccc(Br)c1. The van der Waals surface area contributed by atoms with Crippen LogP contribution in [0.5, 0.6) is 0 Å². The number of benzene rings is 2. The first-order chi connectivity index (χ1) is 11.5. The van der Waals surface area contributed by atoms with Crippen LogP contribution in [0.3, 0.4) is 0 Å². The quantitative estimate of drug-likeness (QED) is 0.854. The summed E-state index contributed by atoms with van der Waals surface area (Å²) in [4.78, 5) is 26.0. The molecule has 1 aliphatic heterocycles. The lowest BCUT2D eigenvalue weighted by Crippen LogP contribution is -2.33. The maximum absolute atomic E-state index is 12.5. The van der Waals surface area contributed by atoms with Crippen LogP contribution in [0.25, 0.3) is 6.08 Å². The number of nitrogens with zero attached hydrogens (tertiary/aromatic N) is 1. The molecule has 24 heavy (non-hydrogen) atoms. The Bertz CT molecular complexity index is 817. The second kappa shape index (κ2) is 7.01. The van der Waals surface area contributed by atoms with Crippen LogP contribution in [0.4, 0.5) is 5.69 Å². The molecule has 4 nitrogen and oxygen atoms in total. The lowest BCUT2D eigenvalue weighted by atomic mass is 9.93. The Morgan fingerprint density at radius 3 is 2.71 bits per heavy atom. The normalized spacial score (nSPS) is 15.8. The van der Waals surface area contributed by atoms with Crippen LogP contribution in [0, 0.1) is 0 Å². The van der Waals surface area contributed by atoms with E-state index in [1.165, 1.54) is 6.92 Å². The molecule has 0 fully saturated rings. The minimum atomic E-state index is -0.296. The summed E-state index contributed by atoms with van der Waals surface area (Å²) in [5.41, 5.74) is 2.75. The predicted molar refractivity (Wildman–Crippen MR) is 98.1 cm³/mol. The molecule has 0 saturated carbocycles. The number of anilines is 1. The van der Waals surface area contributed by atoms with E-state index in [-0.39, 0.29) is 24.3 Å². The standard InChI is InChI=1S/C19H17BrN2O2/c1-13(23)22-10-9-14-5-2-3-8-17(14)18(22)12-19(24)21-16-7-4-6-15(20)11-16/h2-11,18H,12H2,1H3,(H,21,24). The van der Waals surface area contributed by atoms with Gasteiger partial charge in [-0.3, -0.25) is 9.59 Å². The third kappa shape index (κ3) is 3.57. The Morgan fingerprint density at radius 1 is 1.17 bits per heavy atom. The first-order valence-electron chi connectivity index (χ1n) is 7.66. The highest BCUT2D eigenvalue weighted by molar-refractivity contribution is 9.10. The number of amides is 2. The lowest BCUT2D eigenvalue weighted by molar-refractivity contribution is -0.129. The van der Waals surface area contributed by atoms with Crippen LogP contribution in [0.2, 0.25) is 0 Å². The average molecular weight is 385 g/mol. The number of halogens is 1. The third-order valence-electron chi connectivity index (χ3n) is 3.96. The number of hydrogen-bond acceptors (Lipinski definition) is 2. The summed E-state index contributed by atoms with van der Waals surface area (Å²) in [5.74, 6) is -0.213. The van der Waals surface area contributed by atoms with Gasteiger partial charge in [-0.15, -0.1) is 0 Å². The number of rotatable bonds is 3. The van der Waals surface area contributed by atoms with E-state index < -0.39 is 0 Å². The van der Waals surface area contributed by atoms with Crippen molar-refractivity contribution in [3.8, 4) is 0 Å². The molecule has 1 unspecified atom stereocenters. The number of nitrogens with one attached hydrogen (secondary N) is 1. The fourth-order valence-electron chi connectivity index (χ4n) is 2.87. The molecule has 3 rings (SSSR count). The van der Waals surface area contributed by atoms with Crippen molar-refractivity contribution in [2.75, 3.05) is 5.32 Å². The highest BCUT2D eigenvalue weighted by atomic mass is 79.9. The zero-order chi connectivity index (χ0) is 17.1.